The van der Waals surface area contributed by atoms with Crippen LogP contribution in [0.3, 0.4) is 0 Å². The van der Waals surface area contributed by atoms with Crippen LogP contribution in [0.1, 0.15) is 150 Å². The van der Waals surface area contributed by atoms with Gasteiger partial charge in [-0.25, -0.2) is 6.57 Å². The molecule has 0 radical (unpaired) electrons. The van der Waals surface area contributed by atoms with Crippen molar-refractivity contribution in [1.29, 1.82) is 21.0 Å². The molecule has 0 bridgehead atoms. The van der Waals surface area contributed by atoms with Crippen LogP contribution >= 0.6 is 31.9 Å². The number of carboxylic acid groups (broad SMARTS) is 1. The summed E-state index contributed by atoms with van der Waals surface area (Å²) < 4.78 is 2.05. The molecule has 9 N–H and O–H groups in total. The van der Waals surface area contributed by atoms with Gasteiger partial charge in [-0.2, -0.15) is 26.3 Å². The first-order chi connectivity index (χ1) is 52.0. The number of unbranched alkanes of at least 4 members (excludes halogenated alkanes) is 2. The number of nitrogens with one attached hydrogen (secondary N) is 4. The third-order valence-electron chi connectivity index (χ3n) is 17.2. The molecule has 12 rings (SSSR count). The Balaban J connectivity index is 0.000000206. The first-order valence-corrected chi connectivity index (χ1v) is 37.2. The maximum atomic E-state index is 12.4. The van der Waals surface area contributed by atoms with Crippen molar-refractivity contribution in [3.8, 4) is 46.5 Å². The minimum Gasteiger partial charge on any atom is -0.481 e. The molecule has 8 aromatic rings. The molecule has 107 heavy (non-hydrogen) atoms. The number of nitriles is 4. The number of rotatable bonds is 22. The SMILES string of the molecule is N#CC1=C(N)CCC1.N#CC1=C(NC(=O)CCc2ccc(-c3ccccc3)cc2)CCC1.N#CC1=C(NC(=O)CCc2ccc(Br)cc2)CCC1.O=C(CCc1ccc(-c2ccccc2)cc1)NC1=C(c2nn[nH]n2)CCC1.O=C(O)CCc1ccc(Br)cc1.OB(O)c1ccccc1.[C-]#[N+]CCCCC#N. The third-order valence-corrected chi connectivity index (χ3v) is 18.3. The van der Waals surface area contributed by atoms with Crippen LogP contribution in [0.4, 0.5) is 0 Å². The van der Waals surface area contributed by atoms with Crippen LogP contribution in [0, 0.1) is 51.9 Å². The number of carbonyl (C=O) groups excluding carboxylic acids is 3. The van der Waals surface area contributed by atoms with E-state index in [4.69, 9.17) is 48.5 Å². The molecule has 4 aliphatic rings. The fourth-order valence-corrected chi connectivity index (χ4v) is 11.9. The first kappa shape index (κ1) is 84.6. The molecule has 548 valence electrons. The largest absolute Gasteiger partial charge is 0.488 e. The lowest BCUT2D eigenvalue weighted by molar-refractivity contribution is -0.137. The number of amides is 3. The van der Waals surface area contributed by atoms with Gasteiger partial charge in [-0.05, 0) is 189 Å². The van der Waals surface area contributed by atoms with E-state index in [1.54, 1.807) is 24.3 Å². The van der Waals surface area contributed by atoms with Crippen molar-refractivity contribution in [2.24, 2.45) is 5.73 Å². The molecule has 0 fully saturated rings. The van der Waals surface area contributed by atoms with Gasteiger partial charge in [0.25, 0.3) is 0 Å². The number of tetrazole rings is 1. The summed E-state index contributed by atoms with van der Waals surface area (Å²) in [5.74, 6) is -0.156. The van der Waals surface area contributed by atoms with Gasteiger partial charge < -0.3 is 41.7 Å². The van der Waals surface area contributed by atoms with Crippen LogP contribution < -0.4 is 27.1 Å². The number of aryl methyl sites for hydroxylation is 4. The van der Waals surface area contributed by atoms with E-state index in [2.05, 4.69) is 164 Å². The Bertz CT molecular complexity index is 4450. The summed E-state index contributed by atoms with van der Waals surface area (Å²) in [5.41, 5.74) is 21.8. The number of aromatic nitrogens is 4. The predicted molar refractivity (Wildman–Crippen MR) is 423 cm³/mol. The minimum absolute atomic E-state index is 0.00688. The zero-order valence-corrected chi connectivity index (χ0v) is 63.0. The van der Waals surface area contributed by atoms with Gasteiger partial charge in [-0.3, -0.25) is 19.2 Å². The number of allylic oxidation sites excluding steroid dienone is 8. The van der Waals surface area contributed by atoms with Gasteiger partial charge in [0.15, 0.2) is 0 Å². The minimum atomic E-state index is -1.34. The van der Waals surface area contributed by atoms with Crippen molar-refractivity contribution >= 4 is 73.7 Å². The third kappa shape index (κ3) is 32.3. The summed E-state index contributed by atoms with van der Waals surface area (Å²) in [6.07, 6.45) is 17.3. The molecule has 7 aromatic carbocycles. The molecule has 0 spiro atoms. The average Bonchev–Trinajstić information content (AvgIpc) is 1.77. The van der Waals surface area contributed by atoms with E-state index in [0.29, 0.717) is 69.2 Å². The standard InChI is InChI=1S/C21H21N5O.C21H20N2O.C15H15BrN2O.C9H9BrO2.C6H7BO2.2C6H8N2/c27-20(22-19-8-4-7-18(19)21-23-25-26-24-21)14-11-15-9-12-17(13-10-15)16-5-2-1-3-6-16;22-15-19-7-4-8-20(19)23-21(24)14-11-16-9-12-18(13-10-16)17-5-2-1-3-6-17;16-13-7-4-11(5-8-13)6-9-15(19)18-14-3-1-2-12(14)10-17;10-8-4-1-7(2-5-8)3-6-9(11)12;8-7(9)6-4-2-1-3-5-6;7-4-5-2-1-3-6(5)8;1-8-6-4-2-3-5-7/h1-3,5-6,9-10,12-13H,4,7-8,11,14H2,(H,22,27)(H,23,24,25,26);1-3,5-6,9-10,12-13H,4,7-8,11,14H2,(H,23,24);4-5,7-8H,1-3,6,9H2,(H,18,19);1-2,4-5H,3,6H2,(H,11,12);1-5,8-9H;1-3,8H2;2-4,6H2. The van der Waals surface area contributed by atoms with E-state index in [9.17, 15) is 19.2 Å². The lowest BCUT2D eigenvalue weighted by atomic mass is 9.81. The molecule has 0 unspecified atom stereocenters. The highest BCUT2D eigenvalue weighted by molar-refractivity contribution is 9.10. The molecule has 1 heterocycles. The van der Waals surface area contributed by atoms with Crippen molar-refractivity contribution < 1.29 is 34.3 Å². The van der Waals surface area contributed by atoms with E-state index in [1.807, 2.05) is 97.1 Å². The van der Waals surface area contributed by atoms with Gasteiger partial charge >= 0.3 is 13.1 Å². The Morgan fingerprint density at radius 2 is 0.879 bits per heavy atom. The zero-order valence-electron chi connectivity index (χ0n) is 59.8. The lowest BCUT2D eigenvalue weighted by Gasteiger charge is -2.08. The van der Waals surface area contributed by atoms with E-state index < -0.39 is 13.1 Å². The molecule has 0 saturated heterocycles. The van der Waals surface area contributed by atoms with Gasteiger partial charge in [-0.1, -0.05) is 196 Å². The Hall–Kier alpha value is -11.4. The highest BCUT2D eigenvalue weighted by Crippen LogP contribution is 2.31. The van der Waals surface area contributed by atoms with Crippen molar-refractivity contribution in [2.75, 3.05) is 6.54 Å². The second kappa shape index (κ2) is 48.6. The highest BCUT2D eigenvalue weighted by atomic mass is 79.9. The van der Waals surface area contributed by atoms with Gasteiger partial charge in [0, 0.05) is 92.6 Å². The number of aliphatic carboxylic acids is 1. The zero-order chi connectivity index (χ0) is 76.8. The van der Waals surface area contributed by atoms with Crippen LogP contribution in [0.15, 0.2) is 237 Å². The number of nitrogens with zero attached hydrogens (tertiary/aromatic N) is 8. The maximum absolute atomic E-state index is 12.4. The lowest BCUT2D eigenvalue weighted by Crippen LogP contribution is -2.29. The van der Waals surface area contributed by atoms with E-state index >= 15 is 0 Å². The molecule has 0 aliphatic heterocycles. The summed E-state index contributed by atoms with van der Waals surface area (Å²) in [4.78, 5) is 49.6. The molecular weight excluding hydrogens is 1470 g/mol. The van der Waals surface area contributed by atoms with Crippen molar-refractivity contribution in [1.82, 2.24) is 36.6 Å². The van der Waals surface area contributed by atoms with Gasteiger partial charge in [-0.15, -0.1) is 10.2 Å². The molecule has 1 aromatic heterocycles. The van der Waals surface area contributed by atoms with Crippen LogP contribution in [0.2, 0.25) is 0 Å². The van der Waals surface area contributed by atoms with Gasteiger partial charge in [0.2, 0.25) is 30.1 Å². The monoisotopic (exact) mass is 1560 g/mol. The number of carboxylic acids is 1. The number of carbonyl (C=O) groups is 4. The number of aromatic amines is 1. The molecule has 0 atom stereocenters. The highest BCUT2D eigenvalue weighted by Gasteiger charge is 2.22. The van der Waals surface area contributed by atoms with Crippen molar-refractivity contribution in [3.63, 3.8) is 0 Å². The summed E-state index contributed by atoms with van der Waals surface area (Å²) >= 11 is 6.69. The first-order valence-electron chi connectivity index (χ1n) is 35.6. The van der Waals surface area contributed by atoms with Crippen LogP contribution in [0.5, 0.6) is 0 Å². The van der Waals surface area contributed by atoms with Gasteiger partial charge in [0.05, 0.1) is 24.3 Å². The smallest absolute Gasteiger partial charge is 0.481 e. The quantitative estimate of drug-likeness (QED) is 0.0178. The molecule has 23 heteroatoms. The number of hydrogen-bond acceptors (Lipinski definition) is 14. The Morgan fingerprint density at radius 3 is 1.24 bits per heavy atom. The maximum Gasteiger partial charge on any atom is 0.488 e. The van der Waals surface area contributed by atoms with Crippen LogP contribution in [-0.4, -0.2) is 73.1 Å². The molecular formula is C84H88BBr2N13O7. The Labute approximate surface area is 644 Å². The fraction of sp³-hybridized carbons (Fsp3) is 0.286. The Kier molecular flexibility index (Phi) is 38.4. The molecule has 20 nitrogen and oxygen atoms in total. The number of halogens is 2. The second-order valence-corrected chi connectivity index (χ2v) is 26.9. The number of hydrogen-bond donors (Lipinski definition) is 8. The normalized spacial score (nSPS) is 12.9. The van der Waals surface area contributed by atoms with Crippen LogP contribution in [-0.2, 0) is 44.9 Å². The van der Waals surface area contributed by atoms with Crippen LogP contribution in [0.25, 0.3) is 32.7 Å². The molecule has 0 saturated carbocycles. The molecule has 3 amide bonds. The van der Waals surface area contributed by atoms with Gasteiger partial charge in [0.1, 0.15) is 0 Å². The van der Waals surface area contributed by atoms with Crippen molar-refractivity contribution in [2.45, 2.75) is 148 Å². The number of H-pyrrole nitrogens is 1. The fourth-order valence-electron chi connectivity index (χ4n) is 11.4. The number of nitrogens with two attached hydrogens (primary N) is 1. The predicted octanol–water partition coefficient (Wildman–Crippen LogP) is 15.7. The summed E-state index contributed by atoms with van der Waals surface area (Å²) in [6, 6.07) is 70.0. The van der Waals surface area contributed by atoms with E-state index in [1.165, 1.54) is 22.3 Å². The molecule has 4 aliphatic carbocycles. The average molecular weight is 1560 g/mol. The van der Waals surface area contributed by atoms with E-state index in [0.717, 1.165) is 166 Å². The Morgan fingerprint density at radius 1 is 0.495 bits per heavy atom. The second-order valence-electron chi connectivity index (χ2n) is 25.1. The summed E-state index contributed by atoms with van der Waals surface area (Å²) in [6.45, 7) is 6.95. The topological polar surface area (TPSA) is 345 Å². The number of benzene rings is 7. The summed E-state index contributed by atoms with van der Waals surface area (Å²) in [5, 5.41) is 82.8. The van der Waals surface area contributed by atoms with E-state index in [-0.39, 0.29) is 24.1 Å². The summed E-state index contributed by atoms with van der Waals surface area (Å²) in [7, 11) is -1.34. The van der Waals surface area contributed by atoms with Crippen molar-refractivity contribution in [3.05, 3.63) is 276 Å².